The fourth-order valence-electron chi connectivity index (χ4n) is 2.42. The predicted molar refractivity (Wildman–Crippen MR) is 80.1 cm³/mol. The van der Waals surface area contributed by atoms with E-state index in [-0.39, 0.29) is 11.8 Å². The molecule has 0 bridgehead atoms. The summed E-state index contributed by atoms with van der Waals surface area (Å²) in [7, 11) is 1.61. The lowest BCUT2D eigenvalue weighted by molar-refractivity contribution is -0.133. The molecule has 0 saturated carbocycles. The highest BCUT2D eigenvalue weighted by Gasteiger charge is 2.17. The average molecular weight is 290 g/mol. The summed E-state index contributed by atoms with van der Waals surface area (Å²) < 4.78 is 5.08. The number of nitrogens with zero attached hydrogens (tertiary/aromatic N) is 1. The van der Waals surface area contributed by atoms with Crippen molar-refractivity contribution in [2.45, 2.75) is 25.7 Å². The van der Waals surface area contributed by atoms with Gasteiger partial charge in [0.1, 0.15) is 5.75 Å². The molecule has 2 amide bonds. The summed E-state index contributed by atoms with van der Waals surface area (Å²) in [5.74, 6) is 0.957. The van der Waals surface area contributed by atoms with Gasteiger partial charge in [-0.15, -0.1) is 0 Å². The normalized spacial score (nSPS) is 14.9. The number of benzene rings is 1. The van der Waals surface area contributed by atoms with Crippen molar-refractivity contribution in [3.05, 3.63) is 29.8 Å². The minimum atomic E-state index is -0.0235. The number of rotatable bonds is 6. The number of carbonyl (C=O) groups is 2. The number of piperidine rings is 1. The Bertz CT molecular complexity index is 485. The molecule has 1 aliphatic rings. The van der Waals surface area contributed by atoms with Crippen LogP contribution in [0.4, 0.5) is 0 Å². The van der Waals surface area contributed by atoms with E-state index < -0.39 is 0 Å². The van der Waals surface area contributed by atoms with Gasteiger partial charge in [0.2, 0.25) is 11.8 Å². The summed E-state index contributed by atoms with van der Waals surface area (Å²) in [5, 5.41) is 2.86. The number of hydrogen-bond donors (Lipinski definition) is 1. The van der Waals surface area contributed by atoms with Gasteiger partial charge in [-0.25, -0.2) is 0 Å². The second kappa shape index (κ2) is 7.67. The average Bonchev–Trinajstić information content (AvgIpc) is 2.50. The van der Waals surface area contributed by atoms with E-state index in [1.807, 2.05) is 29.2 Å². The summed E-state index contributed by atoms with van der Waals surface area (Å²) in [4.78, 5) is 25.3. The van der Waals surface area contributed by atoms with E-state index >= 15 is 0 Å². The summed E-state index contributed by atoms with van der Waals surface area (Å²) in [5.41, 5.74) is 0.947. The second-order valence-electron chi connectivity index (χ2n) is 5.21. The molecule has 1 aromatic carbocycles. The number of nitrogens with one attached hydrogen (secondary N) is 1. The number of hydrogen-bond acceptors (Lipinski definition) is 3. The summed E-state index contributed by atoms with van der Waals surface area (Å²) in [6, 6.07) is 7.45. The van der Waals surface area contributed by atoms with Crippen molar-refractivity contribution >= 4 is 11.8 Å². The van der Waals surface area contributed by atoms with Crippen LogP contribution in [0.25, 0.3) is 0 Å². The van der Waals surface area contributed by atoms with Crippen LogP contribution in [0.15, 0.2) is 24.3 Å². The van der Waals surface area contributed by atoms with Crippen molar-refractivity contribution in [3.8, 4) is 5.75 Å². The smallest absolute Gasteiger partial charge is 0.224 e. The predicted octanol–water partition coefficient (Wildman–Crippen LogP) is 1.37. The summed E-state index contributed by atoms with van der Waals surface area (Å²) in [6.45, 7) is 1.93. The second-order valence-corrected chi connectivity index (χ2v) is 5.21. The van der Waals surface area contributed by atoms with Gasteiger partial charge in [-0.05, 0) is 30.5 Å². The van der Waals surface area contributed by atoms with Crippen molar-refractivity contribution in [1.29, 1.82) is 0 Å². The number of likely N-dealkylation sites (tertiary alicyclic amines) is 1. The zero-order valence-corrected chi connectivity index (χ0v) is 12.4. The molecule has 0 atom stereocenters. The van der Waals surface area contributed by atoms with Crippen LogP contribution in [-0.4, -0.2) is 43.5 Å². The van der Waals surface area contributed by atoms with Gasteiger partial charge in [-0.1, -0.05) is 12.1 Å². The molecule has 0 spiro atoms. The minimum absolute atomic E-state index is 0.0235. The third-order valence-electron chi connectivity index (χ3n) is 3.65. The van der Waals surface area contributed by atoms with Gasteiger partial charge in [-0.2, -0.15) is 0 Å². The van der Waals surface area contributed by atoms with Gasteiger partial charge in [0.15, 0.2) is 0 Å². The molecule has 0 aliphatic carbocycles. The summed E-state index contributed by atoms with van der Waals surface area (Å²) in [6.07, 6.45) is 3.03. The van der Waals surface area contributed by atoms with Crippen LogP contribution in [-0.2, 0) is 16.0 Å². The molecule has 5 heteroatoms. The molecule has 0 radical (unpaired) electrons. The topological polar surface area (TPSA) is 58.6 Å². The zero-order chi connectivity index (χ0) is 15.1. The Morgan fingerprint density at radius 1 is 1.29 bits per heavy atom. The maximum absolute atomic E-state index is 11.8. The zero-order valence-electron chi connectivity index (χ0n) is 12.4. The quantitative estimate of drug-likeness (QED) is 0.861. The standard InChI is InChI=1S/C16H22N2O3/c1-21-14-7-5-13(6-8-14)12-15(19)17-9-11-18-10-3-2-4-16(18)20/h5-8H,2-4,9-12H2,1H3,(H,17,19). The third-order valence-corrected chi connectivity index (χ3v) is 3.65. The molecular weight excluding hydrogens is 268 g/mol. The Morgan fingerprint density at radius 2 is 2.05 bits per heavy atom. The van der Waals surface area contributed by atoms with E-state index in [9.17, 15) is 9.59 Å². The molecule has 1 saturated heterocycles. The highest BCUT2D eigenvalue weighted by molar-refractivity contribution is 5.79. The van der Waals surface area contributed by atoms with E-state index in [0.717, 1.165) is 30.7 Å². The maximum atomic E-state index is 11.8. The van der Waals surface area contributed by atoms with Crippen molar-refractivity contribution in [1.82, 2.24) is 10.2 Å². The number of amides is 2. The molecule has 5 nitrogen and oxygen atoms in total. The van der Waals surface area contributed by atoms with Crippen LogP contribution in [0.3, 0.4) is 0 Å². The van der Waals surface area contributed by atoms with Crippen molar-refractivity contribution < 1.29 is 14.3 Å². The number of ether oxygens (including phenoxy) is 1. The Hall–Kier alpha value is -2.04. The van der Waals surface area contributed by atoms with E-state index in [1.54, 1.807) is 7.11 Å². The monoisotopic (exact) mass is 290 g/mol. The first kappa shape index (κ1) is 15.4. The lowest BCUT2D eigenvalue weighted by Gasteiger charge is -2.26. The number of carbonyl (C=O) groups excluding carboxylic acids is 2. The largest absolute Gasteiger partial charge is 0.497 e. The fraction of sp³-hybridized carbons (Fsp3) is 0.500. The van der Waals surface area contributed by atoms with Gasteiger partial charge < -0.3 is 15.0 Å². The van der Waals surface area contributed by atoms with Gasteiger partial charge in [0.05, 0.1) is 13.5 Å². The molecule has 1 aromatic rings. The first-order chi connectivity index (χ1) is 10.2. The van der Waals surface area contributed by atoms with Crippen LogP contribution >= 0.6 is 0 Å². The fourth-order valence-corrected chi connectivity index (χ4v) is 2.42. The molecular formula is C16H22N2O3. The van der Waals surface area contributed by atoms with Crippen LogP contribution in [0.5, 0.6) is 5.75 Å². The van der Waals surface area contributed by atoms with E-state index in [1.165, 1.54) is 0 Å². The van der Waals surface area contributed by atoms with Crippen LogP contribution in [0.1, 0.15) is 24.8 Å². The van der Waals surface area contributed by atoms with Gasteiger partial charge >= 0.3 is 0 Å². The Kier molecular flexibility index (Phi) is 5.60. The van der Waals surface area contributed by atoms with Crippen molar-refractivity contribution in [2.75, 3.05) is 26.7 Å². The molecule has 1 aliphatic heterocycles. The molecule has 0 unspecified atom stereocenters. The summed E-state index contributed by atoms with van der Waals surface area (Å²) >= 11 is 0. The highest BCUT2D eigenvalue weighted by Crippen LogP contribution is 2.12. The highest BCUT2D eigenvalue weighted by atomic mass is 16.5. The van der Waals surface area contributed by atoms with E-state index in [4.69, 9.17) is 4.74 Å². The SMILES string of the molecule is COc1ccc(CC(=O)NCCN2CCCCC2=O)cc1. The molecule has 0 aromatic heterocycles. The van der Waals surface area contributed by atoms with Gasteiger partial charge in [0, 0.05) is 26.1 Å². The van der Waals surface area contributed by atoms with E-state index in [2.05, 4.69) is 5.32 Å². The Balaban J connectivity index is 1.70. The van der Waals surface area contributed by atoms with Gasteiger partial charge in [0.25, 0.3) is 0 Å². The molecule has 1 N–H and O–H groups in total. The molecule has 1 heterocycles. The maximum Gasteiger partial charge on any atom is 0.224 e. The van der Waals surface area contributed by atoms with E-state index in [0.29, 0.717) is 25.9 Å². The van der Waals surface area contributed by atoms with Crippen LogP contribution in [0, 0.1) is 0 Å². The minimum Gasteiger partial charge on any atom is -0.497 e. The molecule has 1 fully saturated rings. The lowest BCUT2D eigenvalue weighted by Crippen LogP contribution is -2.41. The van der Waals surface area contributed by atoms with Crippen molar-refractivity contribution in [3.63, 3.8) is 0 Å². The molecule has 21 heavy (non-hydrogen) atoms. The Labute approximate surface area is 125 Å². The lowest BCUT2D eigenvalue weighted by atomic mass is 10.1. The van der Waals surface area contributed by atoms with Crippen LogP contribution in [0.2, 0.25) is 0 Å². The molecule has 114 valence electrons. The first-order valence-electron chi connectivity index (χ1n) is 7.36. The van der Waals surface area contributed by atoms with Crippen molar-refractivity contribution in [2.24, 2.45) is 0 Å². The van der Waals surface area contributed by atoms with Crippen LogP contribution < -0.4 is 10.1 Å². The molecule has 2 rings (SSSR count). The number of methoxy groups -OCH3 is 1. The van der Waals surface area contributed by atoms with Gasteiger partial charge in [-0.3, -0.25) is 9.59 Å². The first-order valence-corrected chi connectivity index (χ1v) is 7.36. The Morgan fingerprint density at radius 3 is 2.71 bits per heavy atom. The third kappa shape index (κ3) is 4.77.